The van der Waals surface area contributed by atoms with Crippen LogP contribution in [0.3, 0.4) is 0 Å². The molecule has 0 atom stereocenters. The monoisotopic (exact) mass is 258 g/mol. The maximum atomic E-state index is 11.8. The smallest absolute Gasteiger partial charge is 0.254 e. The highest BCUT2D eigenvalue weighted by atomic mass is 16.5. The molecule has 0 aliphatic rings. The number of aromatic nitrogens is 2. The van der Waals surface area contributed by atoms with Crippen molar-refractivity contribution in [3.05, 3.63) is 57.3 Å². The van der Waals surface area contributed by atoms with Crippen LogP contribution in [-0.4, -0.2) is 17.1 Å². The number of nitrogens with one attached hydrogen (secondary N) is 1. The molecular formula is C15H18N2O2. The molecule has 4 heteroatoms. The van der Waals surface area contributed by atoms with E-state index >= 15 is 0 Å². The fourth-order valence-electron chi connectivity index (χ4n) is 2.03. The zero-order chi connectivity index (χ0) is 13.8. The summed E-state index contributed by atoms with van der Waals surface area (Å²) in [4.78, 5) is 19.1. The number of hydrogen-bond donors (Lipinski definition) is 1. The molecule has 0 unspecified atom stereocenters. The van der Waals surface area contributed by atoms with Crippen LogP contribution in [0, 0.1) is 6.92 Å². The number of aromatic amines is 1. The van der Waals surface area contributed by atoms with Crippen molar-refractivity contribution in [1.29, 1.82) is 0 Å². The van der Waals surface area contributed by atoms with Gasteiger partial charge in [0.15, 0.2) is 0 Å². The lowest BCUT2D eigenvalue weighted by atomic mass is 10.1. The summed E-state index contributed by atoms with van der Waals surface area (Å²) in [5.74, 6) is 1.50. The summed E-state index contributed by atoms with van der Waals surface area (Å²) in [5.41, 5.74) is 2.58. The number of nitrogens with zero attached hydrogens (tertiary/aromatic N) is 1. The second-order valence-corrected chi connectivity index (χ2v) is 4.47. The van der Waals surface area contributed by atoms with Gasteiger partial charge in [0.2, 0.25) is 0 Å². The van der Waals surface area contributed by atoms with E-state index in [1.807, 2.05) is 31.2 Å². The van der Waals surface area contributed by atoms with Crippen molar-refractivity contribution < 1.29 is 4.74 Å². The van der Waals surface area contributed by atoms with E-state index in [9.17, 15) is 4.79 Å². The number of H-pyrrole nitrogens is 1. The summed E-state index contributed by atoms with van der Waals surface area (Å²) in [6, 6.07) is 7.77. The van der Waals surface area contributed by atoms with Crippen LogP contribution < -0.4 is 10.3 Å². The summed E-state index contributed by atoms with van der Waals surface area (Å²) in [5, 5.41) is 0. The van der Waals surface area contributed by atoms with E-state index in [4.69, 9.17) is 4.74 Å². The molecule has 0 aliphatic carbocycles. The molecule has 0 bridgehead atoms. The van der Waals surface area contributed by atoms with Crippen molar-refractivity contribution in [2.45, 2.75) is 26.7 Å². The quantitative estimate of drug-likeness (QED) is 0.915. The van der Waals surface area contributed by atoms with Gasteiger partial charge < -0.3 is 9.72 Å². The van der Waals surface area contributed by atoms with Crippen LogP contribution in [-0.2, 0) is 12.8 Å². The van der Waals surface area contributed by atoms with Gasteiger partial charge in [-0.25, -0.2) is 4.98 Å². The number of aryl methyl sites for hydroxylation is 1. The maximum absolute atomic E-state index is 11.8. The molecule has 0 spiro atoms. The molecule has 1 aromatic heterocycles. The first-order valence-electron chi connectivity index (χ1n) is 6.35. The topological polar surface area (TPSA) is 55.0 Å². The number of rotatable bonds is 4. The molecular weight excluding hydrogens is 240 g/mol. The standard InChI is InChI=1S/C15H18N2O2/c1-4-13-10(2)15(18)17-14(16-13)9-11-6-5-7-12(8-11)19-3/h5-8H,4,9H2,1-3H3,(H,16,17,18). The molecule has 1 N–H and O–H groups in total. The summed E-state index contributed by atoms with van der Waals surface area (Å²) < 4.78 is 5.19. The molecule has 0 amide bonds. The fourth-order valence-corrected chi connectivity index (χ4v) is 2.03. The Morgan fingerprint density at radius 2 is 2.16 bits per heavy atom. The van der Waals surface area contributed by atoms with Gasteiger partial charge in [-0.1, -0.05) is 19.1 Å². The molecule has 0 aliphatic heterocycles. The first kappa shape index (κ1) is 13.3. The van der Waals surface area contributed by atoms with Crippen LogP contribution >= 0.6 is 0 Å². The molecule has 0 radical (unpaired) electrons. The largest absolute Gasteiger partial charge is 0.497 e. The lowest BCUT2D eigenvalue weighted by molar-refractivity contribution is 0.414. The van der Waals surface area contributed by atoms with Crippen LogP contribution in [0.1, 0.15) is 29.6 Å². The third-order valence-electron chi connectivity index (χ3n) is 3.14. The van der Waals surface area contributed by atoms with E-state index in [1.165, 1.54) is 0 Å². The number of hydrogen-bond acceptors (Lipinski definition) is 3. The third kappa shape index (κ3) is 3.02. The Balaban J connectivity index is 2.32. The van der Waals surface area contributed by atoms with Crippen molar-refractivity contribution in [2.24, 2.45) is 0 Å². The molecule has 0 fully saturated rings. The second kappa shape index (κ2) is 5.69. The van der Waals surface area contributed by atoms with Gasteiger partial charge in [0.1, 0.15) is 11.6 Å². The molecule has 0 saturated carbocycles. The molecule has 4 nitrogen and oxygen atoms in total. The van der Waals surface area contributed by atoms with E-state index in [1.54, 1.807) is 14.0 Å². The maximum Gasteiger partial charge on any atom is 0.254 e. The Kier molecular flexibility index (Phi) is 4.00. The molecule has 100 valence electrons. The van der Waals surface area contributed by atoms with Gasteiger partial charge in [0.05, 0.1) is 12.8 Å². The van der Waals surface area contributed by atoms with Crippen molar-refractivity contribution in [1.82, 2.24) is 9.97 Å². The lowest BCUT2D eigenvalue weighted by Gasteiger charge is -2.07. The Morgan fingerprint density at radius 1 is 1.37 bits per heavy atom. The van der Waals surface area contributed by atoms with E-state index in [0.29, 0.717) is 17.8 Å². The third-order valence-corrected chi connectivity index (χ3v) is 3.14. The average molecular weight is 258 g/mol. The number of methoxy groups -OCH3 is 1. The van der Waals surface area contributed by atoms with Gasteiger partial charge in [0.25, 0.3) is 5.56 Å². The van der Waals surface area contributed by atoms with Gasteiger partial charge in [0, 0.05) is 12.0 Å². The minimum Gasteiger partial charge on any atom is -0.497 e. The minimum atomic E-state index is -0.0512. The second-order valence-electron chi connectivity index (χ2n) is 4.47. The first-order valence-corrected chi connectivity index (χ1v) is 6.35. The van der Waals surface area contributed by atoms with Crippen molar-refractivity contribution >= 4 is 0 Å². The van der Waals surface area contributed by atoms with E-state index in [-0.39, 0.29) is 5.56 Å². The van der Waals surface area contributed by atoms with E-state index in [2.05, 4.69) is 9.97 Å². The van der Waals surface area contributed by atoms with E-state index < -0.39 is 0 Å². The molecule has 2 aromatic rings. The zero-order valence-corrected chi connectivity index (χ0v) is 11.5. The van der Waals surface area contributed by atoms with Gasteiger partial charge in [-0.05, 0) is 31.0 Å². The lowest BCUT2D eigenvalue weighted by Crippen LogP contribution is -2.17. The Hall–Kier alpha value is -2.10. The van der Waals surface area contributed by atoms with Crippen molar-refractivity contribution in [3.8, 4) is 5.75 Å². The Labute approximate surface area is 112 Å². The summed E-state index contributed by atoms with van der Waals surface area (Å²) in [6.45, 7) is 3.81. The zero-order valence-electron chi connectivity index (χ0n) is 11.5. The summed E-state index contributed by atoms with van der Waals surface area (Å²) >= 11 is 0. The normalized spacial score (nSPS) is 10.5. The van der Waals surface area contributed by atoms with Gasteiger partial charge in [-0.15, -0.1) is 0 Å². The summed E-state index contributed by atoms with van der Waals surface area (Å²) in [6.07, 6.45) is 1.36. The Bertz CT molecular complexity index is 632. The van der Waals surface area contributed by atoms with Gasteiger partial charge >= 0.3 is 0 Å². The van der Waals surface area contributed by atoms with Crippen molar-refractivity contribution in [2.75, 3.05) is 7.11 Å². The SMILES string of the molecule is CCc1nc(Cc2cccc(OC)c2)[nH]c(=O)c1C. The molecule has 2 rings (SSSR count). The number of benzene rings is 1. The number of ether oxygens (including phenoxy) is 1. The van der Waals surface area contributed by atoms with Gasteiger partial charge in [-0.3, -0.25) is 4.79 Å². The van der Waals surface area contributed by atoms with Crippen LogP contribution in [0.5, 0.6) is 5.75 Å². The van der Waals surface area contributed by atoms with E-state index in [0.717, 1.165) is 23.4 Å². The van der Waals surface area contributed by atoms with Crippen LogP contribution in [0.2, 0.25) is 0 Å². The van der Waals surface area contributed by atoms with Crippen LogP contribution in [0.15, 0.2) is 29.1 Å². The fraction of sp³-hybridized carbons (Fsp3) is 0.333. The van der Waals surface area contributed by atoms with Crippen LogP contribution in [0.25, 0.3) is 0 Å². The molecule has 19 heavy (non-hydrogen) atoms. The highest BCUT2D eigenvalue weighted by Gasteiger charge is 2.07. The molecule has 0 saturated heterocycles. The summed E-state index contributed by atoms with van der Waals surface area (Å²) in [7, 11) is 1.64. The molecule has 1 heterocycles. The highest BCUT2D eigenvalue weighted by molar-refractivity contribution is 5.30. The first-order chi connectivity index (χ1) is 9.13. The molecule has 1 aromatic carbocycles. The van der Waals surface area contributed by atoms with Gasteiger partial charge in [-0.2, -0.15) is 0 Å². The Morgan fingerprint density at radius 3 is 2.84 bits per heavy atom. The predicted octanol–water partition coefficient (Wildman–Crippen LogP) is 2.24. The van der Waals surface area contributed by atoms with Crippen LogP contribution in [0.4, 0.5) is 0 Å². The predicted molar refractivity (Wildman–Crippen MR) is 74.8 cm³/mol. The van der Waals surface area contributed by atoms with Crippen molar-refractivity contribution in [3.63, 3.8) is 0 Å². The highest BCUT2D eigenvalue weighted by Crippen LogP contribution is 2.14. The average Bonchev–Trinajstić information content (AvgIpc) is 2.43. The minimum absolute atomic E-state index is 0.0512.